The predicted octanol–water partition coefficient (Wildman–Crippen LogP) is 2.88. The van der Waals surface area contributed by atoms with Gasteiger partial charge < -0.3 is 10.6 Å². The van der Waals surface area contributed by atoms with E-state index < -0.39 is 0 Å². The van der Waals surface area contributed by atoms with E-state index >= 15 is 0 Å². The zero-order valence-electron chi connectivity index (χ0n) is 16.1. The maximum absolute atomic E-state index is 12.9. The Balaban J connectivity index is 1.49. The Morgan fingerprint density at radius 1 is 1.00 bits per heavy atom. The van der Waals surface area contributed by atoms with Crippen LogP contribution >= 0.6 is 0 Å². The Morgan fingerprint density at radius 2 is 1.58 bits per heavy atom. The maximum Gasteiger partial charge on any atom is 0.251 e. The van der Waals surface area contributed by atoms with E-state index in [4.69, 9.17) is 0 Å². The molecule has 5 heteroatoms. The van der Waals surface area contributed by atoms with Crippen LogP contribution in [0.15, 0.2) is 24.3 Å². The number of carbonyl (C=O) groups excluding carboxylic acids is 2. The average molecular weight is 355 g/mol. The zero-order valence-corrected chi connectivity index (χ0v) is 16.1. The molecular weight excluding hydrogens is 326 g/mol. The van der Waals surface area contributed by atoms with Gasteiger partial charge in [0.2, 0.25) is 5.91 Å². The molecule has 0 spiro atoms. The summed E-state index contributed by atoms with van der Waals surface area (Å²) in [5.74, 6) is 1.66. The van der Waals surface area contributed by atoms with Gasteiger partial charge in [-0.25, -0.2) is 0 Å². The van der Waals surface area contributed by atoms with Crippen molar-refractivity contribution < 1.29 is 9.59 Å². The number of nitrogens with zero attached hydrogens (tertiary/aromatic N) is 1. The van der Waals surface area contributed by atoms with Gasteiger partial charge in [-0.15, -0.1) is 0 Å². The molecule has 1 aliphatic carbocycles. The molecular formula is C21H29N3O2. The van der Waals surface area contributed by atoms with Crippen molar-refractivity contribution in [2.75, 3.05) is 18.4 Å². The van der Waals surface area contributed by atoms with Crippen LogP contribution in [0.25, 0.3) is 0 Å². The van der Waals surface area contributed by atoms with Crippen LogP contribution in [-0.2, 0) is 4.79 Å². The van der Waals surface area contributed by atoms with Crippen molar-refractivity contribution >= 4 is 17.5 Å². The fourth-order valence-electron chi connectivity index (χ4n) is 5.48. The topological polar surface area (TPSA) is 61.4 Å². The second-order valence-corrected chi connectivity index (χ2v) is 9.12. The van der Waals surface area contributed by atoms with E-state index in [0.29, 0.717) is 28.6 Å². The molecule has 4 aliphatic rings. The van der Waals surface area contributed by atoms with Gasteiger partial charge in [-0.2, -0.15) is 0 Å². The third kappa shape index (κ3) is 2.64. The van der Waals surface area contributed by atoms with Crippen LogP contribution in [0.1, 0.15) is 50.9 Å². The number of piperidine rings is 3. The van der Waals surface area contributed by atoms with Crippen LogP contribution in [-0.4, -0.2) is 40.9 Å². The van der Waals surface area contributed by atoms with Crippen LogP contribution in [0.3, 0.4) is 0 Å². The average Bonchev–Trinajstić information content (AvgIpc) is 2.53. The molecule has 26 heavy (non-hydrogen) atoms. The summed E-state index contributed by atoms with van der Waals surface area (Å²) in [6.45, 7) is 10.6. The second-order valence-electron chi connectivity index (χ2n) is 9.12. The normalized spacial score (nSPS) is 36.6. The fourth-order valence-corrected chi connectivity index (χ4v) is 5.48. The molecule has 2 amide bonds. The number of carbonyl (C=O) groups is 2. The highest BCUT2D eigenvalue weighted by molar-refractivity contribution is 5.96. The fraction of sp³-hybridized carbons (Fsp3) is 0.619. The number of benzene rings is 1. The van der Waals surface area contributed by atoms with Crippen LogP contribution in [0, 0.1) is 17.8 Å². The lowest BCUT2D eigenvalue weighted by atomic mass is 9.53. The quantitative estimate of drug-likeness (QED) is 0.876. The largest absolute Gasteiger partial charge is 0.346 e. The molecule has 4 bridgehead atoms. The number of rotatable bonds is 3. The lowest BCUT2D eigenvalue weighted by Gasteiger charge is -2.67. The van der Waals surface area contributed by atoms with Crippen LogP contribution < -0.4 is 10.6 Å². The third-order valence-corrected chi connectivity index (χ3v) is 7.38. The Morgan fingerprint density at radius 3 is 2.08 bits per heavy atom. The van der Waals surface area contributed by atoms with E-state index in [9.17, 15) is 9.59 Å². The van der Waals surface area contributed by atoms with E-state index in [1.807, 2.05) is 0 Å². The van der Waals surface area contributed by atoms with E-state index in [0.717, 1.165) is 19.0 Å². The number of nitrogens with one attached hydrogen (secondary N) is 2. The minimum Gasteiger partial charge on any atom is -0.346 e. The van der Waals surface area contributed by atoms with Crippen molar-refractivity contribution in [1.82, 2.24) is 10.2 Å². The Labute approximate surface area is 155 Å². The number of anilines is 1. The van der Waals surface area contributed by atoms with Gasteiger partial charge in [-0.3, -0.25) is 14.5 Å². The van der Waals surface area contributed by atoms with Gasteiger partial charge in [-0.05, 0) is 75.6 Å². The van der Waals surface area contributed by atoms with Gasteiger partial charge >= 0.3 is 0 Å². The smallest absolute Gasteiger partial charge is 0.251 e. The van der Waals surface area contributed by atoms with Gasteiger partial charge in [0, 0.05) is 42.3 Å². The van der Waals surface area contributed by atoms with E-state index in [1.165, 1.54) is 19.8 Å². The van der Waals surface area contributed by atoms with Crippen LogP contribution in [0.2, 0.25) is 0 Å². The monoisotopic (exact) mass is 355 g/mol. The third-order valence-electron chi connectivity index (χ3n) is 7.38. The number of hydrogen-bond acceptors (Lipinski definition) is 3. The van der Waals surface area contributed by atoms with Gasteiger partial charge in [-0.1, -0.05) is 0 Å². The Hall–Kier alpha value is -1.88. The minimum absolute atomic E-state index is 0.0105. The highest BCUT2D eigenvalue weighted by Crippen LogP contribution is 2.55. The summed E-state index contributed by atoms with van der Waals surface area (Å²) in [6, 6.07) is 7.13. The van der Waals surface area contributed by atoms with E-state index in [1.54, 1.807) is 24.3 Å². The molecule has 5 rings (SSSR count). The first-order valence-electron chi connectivity index (χ1n) is 9.65. The van der Waals surface area contributed by atoms with Crippen LogP contribution in [0.5, 0.6) is 0 Å². The summed E-state index contributed by atoms with van der Waals surface area (Å²) in [5, 5.41) is 6.12. The predicted molar refractivity (Wildman–Crippen MR) is 102 cm³/mol. The summed E-state index contributed by atoms with van der Waals surface area (Å²) < 4.78 is 0. The zero-order chi connectivity index (χ0) is 18.7. The molecule has 1 saturated carbocycles. The van der Waals surface area contributed by atoms with Crippen molar-refractivity contribution in [1.29, 1.82) is 0 Å². The molecule has 1 aromatic rings. The number of hydrogen-bond donors (Lipinski definition) is 2. The lowest BCUT2D eigenvalue weighted by molar-refractivity contribution is -0.151. The van der Waals surface area contributed by atoms with Crippen molar-refractivity contribution in [2.24, 2.45) is 17.8 Å². The van der Waals surface area contributed by atoms with Crippen molar-refractivity contribution in [3.05, 3.63) is 29.8 Å². The van der Waals surface area contributed by atoms with Crippen molar-refractivity contribution in [3.8, 4) is 0 Å². The second kappa shape index (κ2) is 5.81. The molecule has 140 valence electrons. The minimum atomic E-state index is -0.128. The molecule has 0 radical (unpaired) electrons. The first-order chi connectivity index (χ1) is 12.2. The summed E-state index contributed by atoms with van der Waals surface area (Å²) in [7, 11) is 0. The van der Waals surface area contributed by atoms with Gasteiger partial charge in [0.05, 0.1) is 0 Å². The number of amides is 2. The maximum atomic E-state index is 12.9. The standard InChI is InChI=1S/C21H29N3O2/c1-13(25)22-18-7-5-14(6-8-18)19(26)23-21(4)16-9-15-10-17(21)12-24(11-16)20(15,2)3/h5-8,15-17H,9-12H2,1-4H3,(H,22,25)(H,23,26). The molecule has 2 unspecified atom stereocenters. The van der Waals surface area contributed by atoms with E-state index in [-0.39, 0.29) is 17.4 Å². The summed E-state index contributed by atoms with van der Waals surface area (Å²) in [6.07, 6.45) is 2.41. The highest BCUT2D eigenvalue weighted by atomic mass is 16.2. The molecule has 4 fully saturated rings. The van der Waals surface area contributed by atoms with Crippen molar-refractivity contribution in [3.63, 3.8) is 0 Å². The van der Waals surface area contributed by atoms with Crippen LogP contribution in [0.4, 0.5) is 5.69 Å². The lowest BCUT2D eigenvalue weighted by Crippen LogP contribution is -2.75. The summed E-state index contributed by atoms with van der Waals surface area (Å²) in [4.78, 5) is 26.7. The van der Waals surface area contributed by atoms with Crippen molar-refractivity contribution in [2.45, 2.75) is 51.6 Å². The first-order valence-corrected chi connectivity index (χ1v) is 9.65. The summed E-state index contributed by atoms with van der Waals surface area (Å²) >= 11 is 0. The highest BCUT2D eigenvalue weighted by Gasteiger charge is 2.60. The molecule has 5 nitrogen and oxygen atoms in total. The Kier molecular flexibility index (Phi) is 3.92. The van der Waals surface area contributed by atoms with Gasteiger partial charge in [0.15, 0.2) is 0 Å². The molecule has 0 aromatic heterocycles. The summed E-state index contributed by atoms with van der Waals surface area (Å²) in [5.41, 5.74) is 1.54. The molecule has 3 heterocycles. The molecule has 3 saturated heterocycles. The van der Waals surface area contributed by atoms with Gasteiger partial charge in [0.25, 0.3) is 5.91 Å². The Bertz CT molecular complexity index is 706. The molecule has 3 aliphatic heterocycles. The van der Waals surface area contributed by atoms with E-state index in [2.05, 4.69) is 36.3 Å². The molecule has 2 N–H and O–H groups in total. The molecule has 2 atom stereocenters. The SMILES string of the molecule is CC(=O)Nc1ccc(C(=O)NC2(C)C3CC4CC2CN(C3)C4(C)C)cc1. The first kappa shape index (κ1) is 17.5. The molecule has 1 aromatic carbocycles. The van der Waals surface area contributed by atoms with Gasteiger partial charge in [0.1, 0.15) is 0 Å².